The normalized spacial score (nSPS) is 8.22. The van der Waals surface area contributed by atoms with Gasteiger partial charge in [0.05, 0.1) is 11.4 Å². The first-order valence-corrected chi connectivity index (χ1v) is 6.54. The van der Waals surface area contributed by atoms with Crippen molar-refractivity contribution < 1.29 is 4.79 Å². The predicted molar refractivity (Wildman–Crippen MR) is 82.5 cm³/mol. The van der Waals surface area contributed by atoms with Crippen molar-refractivity contribution in [1.82, 2.24) is 0 Å². The van der Waals surface area contributed by atoms with Gasteiger partial charge in [0.2, 0.25) is 5.91 Å². The zero-order chi connectivity index (χ0) is 14.7. The van der Waals surface area contributed by atoms with E-state index in [9.17, 15) is 4.79 Å². The van der Waals surface area contributed by atoms with E-state index in [1.165, 1.54) is 0 Å². The molecule has 0 unspecified atom stereocenters. The fourth-order valence-electron chi connectivity index (χ4n) is 1.30. The zero-order valence-electron chi connectivity index (χ0n) is 13.1. The molecule has 18 heavy (non-hydrogen) atoms. The van der Waals surface area contributed by atoms with E-state index in [-0.39, 0.29) is 5.91 Å². The first-order valence-electron chi connectivity index (χ1n) is 6.54. The quantitative estimate of drug-likeness (QED) is 0.799. The molecule has 0 saturated carbocycles. The molecule has 1 aromatic rings. The number of anilines is 2. The second-order valence-electron chi connectivity index (χ2n) is 3.46. The van der Waals surface area contributed by atoms with Crippen molar-refractivity contribution in [3.63, 3.8) is 0 Å². The Balaban J connectivity index is 0. The standard InChI is InChI=1S/C11H16N2O.2C2H6/c1-9(14)13(4)11-8-6-5-7-10(11)12(2)3;2*1-2/h5-8H,1-4H3;2*1-2H3. The molecule has 1 amide bonds. The van der Waals surface area contributed by atoms with Crippen molar-refractivity contribution in [3.05, 3.63) is 24.3 Å². The Morgan fingerprint density at radius 2 is 1.28 bits per heavy atom. The minimum Gasteiger partial charge on any atom is -0.376 e. The number of carbonyl (C=O) groups excluding carboxylic acids is 1. The molecule has 0 N–H and O–H groups in total. The van der Waals surface area contributed by atoms with E-state index in [4.69, 9.17) is 0 Å². The summed E-state index contributed by atoms with van der Waals surface area (Å²) in [6, 6.07) is 7.83. The third-order valence-electron chi connectivity index (χ3n) is 2.20. The largest absolute Gasteiger partial charge is 0.376 e. The molecule has 0 saturated heterocycles. The Hall–Kier alpha value is -1.51. The van der Waals surface area contributed by atoms with Gasteiger partial charge >= 0.3 is 0 Å². The van der Waals surface area contributed by atoms with Gasteiger partial charge in [-0.25, -0.2) is 0 Å². The molecule has 0 fully saturated rings. The molecular weight excluding hydrogens is 224 g/mol. The lowest BCUT2D eigenvalue weighted by Crippen LogP contribution is -2.25. The first kappa shape index (κ1) is 18.8. The Morgan fingerprint density at radius 1 is 0.889 bits per heavy atom. The molecule has 1 aromatic carbocycles. The fourth-order valence-corrected chi connectivity index (χ4v) is 1.30. The first-order chi connectivity index (χ1) is 8.54. The van der Waals surface area contributed by atoms with Crippen molar-refractivity contribution in [2.45, 2.75) is 34.6 Å². The Bertz CT molecular complexity index is 335. The van der Waals surface area contributed by atoms with Crippen molar-refractivity contribution in [3.8, 4) is 0 Å². The van der Waals surface area contributed by atoms with Gasteiger partial charge in [0.15, 0.2) is 0 Å². The predicted octanol–water partition coefficient (Wildman–Crippen LogP) is 3.79. The number of hydrogen-bond acceptors (Lipinski definition) is 2. The van der Waals surface area contributed by atoms with E-state index >= 15 is 0 Å². The van der Waals surface area contributed by atoms with Crippen LogP contribution in [0.15, 0.2) is 24.3 Å². The van der Waals surface area contributed by atoms with Gasteiger partial charge in [0.1, 0.15) is 0 Å². The number of nitrogens with zero attached hydrogens (tertiary/aromatic N) is 2. The van der Waals surface area contributed by atoms with Crippen molar-refractivity contribution in [1.29, 1.82) is 0 Å². The van der Waals surface area contributed by atoms with Crippen LogP contribution in [0.2, 0.25) is 0 Å². The fraction of sp³-hybridized carbons (Fsp3) is 0.533. The Morgan fingerprint density at radius 3 is 1.61 bits per heavy atom. The maximum absolute atomic E-state index is 11.2. The van der Waals surface area contributed by atoms with Crippen LogP contribution in [0, 0.1) is 0 Å². The molecule has 0 radical (unpaired) electrons. The van der Waals surface area contributed by atoms with E-state index in [1.807, 2.05) is 71.0 Å². The second-order valence-corrected chi connectivity index (χ2v) is 3.46. The van der Waals surface area contributed by atoms with Gasteiger partial charge in [-0.2, -0.15) is 0 Å². The van der Waals surface area contributed by atoms with E-state index in [2.05, 4.69) is 0 Å². The van der Waals surface area contributed by atoms with Gasteiger partial charge in [-0.1, -0.05) is 39.8 Å². The molecule has 3 nitrogen and oxygen atoms in total. The molecule has 0 aliphatic heterocycles. The Labute approximate surface area is 112 Å². The maximum Gasteiger partial charge on any atom is 0.223 e. The molecule has 1 rings (SSSR count). The Kier molecular flexibility index (Phi) is 11.1. The molecular formula is C15H28N2O. The van der Waals surface area contributed by atoms with Crippen LogP contribution in [0.3, 0.4) is 0 Å². The summed E-state index contributed by atoms with van der Waals surface area (Å²) >= 11 is 0. The van der Waals surface area contributed by atoms with Gasteiger partial charge in [-0.05, 0) is 12.1 Å². The highest BCUT2D eigenvalue weighted by Crippen LogP contribution is 2.26. The van der Waals surface area contributed by atoms with E-state index in [0.29, 0.717) is 0 Å². The molecule has 0 bridgehead atoms. The van der Waals surface area contributed by atoms with Crippen molar-refractivity contribution in [2.24, 2.45) is 0 Å². The van der Waals surface area contributed by atoms with E-state index < -0.39 is 0 Å². The summed E-state index contributed by atoms with van der Waals surface area (Å²) in [7, 11) is 5.71. The van der Waals surface area contributed by atoms with Crippen LogP contribution >= 0.6 is 0 Å². The van der Waals surface area contributed by atoms with Gasteiger partial charge in [0, 0.05) is 28.1 Å². The van der Waals surface area contributed by atoms with Crippen molar-refractivity contribution >= 4 is 17.3 Å². The zero-order valence-corrected chi connectivity index (χ0v) is 13.1. The van der Waals surface area contributed by atoms with Gasteiger partial charge in [-0.15, -0.1) is 0 Å². The lowest BCUT2D eigenvalue weighted by molar-refractivity contribution is -0.116. The summed E-state index contributed by atoms with van der Waals surface area (Å²) < 4.78 is 0. The summed E-state index contributed by atoms with van der Waals surface area (Å²) in [5.41, 5.74) is 1.98. The van der Waals surface area contributed by atoms with Crippen molar-refractivity contribution in [2.75, 3.05) is 30.9 Å². The van der Waals surface area contributed by atoms with Crippen LogP contribution in [-0.2, 0) is 4.79 Å². The average Bonchev–Trinajstić information content (AvgIpc) is 2.42. The second kappa shape index (κ2) is 10.6. The summed E-state index contributed by atoms with van der Waals surface area (Å²) in [6.07, 6.45) is 0. The van der Waals surface area contributed by atoms with Crippen LogP contribution in [0.4, 0.5) is 11.4 Å². The molecule has 0 atom stereocenters. The highest BCUT2D eigenvalue weighted by atomic mass is 16.2. The van der Waals surface area contributed by atoms with Crippen LogP contribution in [-0.4, -0.2) is 27.1 Å². The maximum atomic E-state index is 11.2. The van der Waals surface area contributed by atoms with Gasteiger partial charge in [0.25, 0.3) is 0 Å². The SMILES string of the molecule is CC.CC.CC(=O)N(C)c1ccccc1N(C)C. The molecule has 0 spiro atoms. The summed E-state index contributed by atoms with van der Waals surface area (Å²) in [5, 5.41) is 0. The highest BCUT2D eigenvalue weighted by molar-refractivity contribution is 5.94. The minimum atomic E-state index is 0.0410. The minimum absolute atomic E-state index is 0.0410. The number of hydrogen-bond donors (Lipinski definition) is 0. The van der Waals surface area contributed by atoms with E-state index in [1.54, 1.807) is 18.9 Å². The monoisotopic (exact) mass is 252 g/mol. The smallest absolute Gasteiger partial charge is 0.223 e. The number of carbonyl (C=O) groups is 1. The third kappa shape index (κ3) is 5.71. The lowest BCUT2D eigenvalue weighted by Gasteiger charge is -2.23. The van der Waals surface area contributed by atoms with Crippen LogP contribution in [0.5, 0.6) is 0 Å². The summed E-state index contributed by atoms with van der Waals surface area (Å²) in [4.78, 5) is 14.9. The number of benzene rings is 1. The summed E-state index contributed by atoms with van der Waals surface area (Å²) in [5.74, 6) is 0.0410. The van der Waals surface area contributed by atoms with Gasteiger partial charge < -0.3 is 9.80 Å². The summed E-state index contributed by atoms with van der Waals surface area (Å²) in [6.45, 7) is 9.56. The van der Waals surface area contributed by atoms with Crippen LogP contribution in [0.1, 0.15) is 34.6 Å². The molecule has 3 heteroatoms. The highest BCUT2D eigenvalue weighted by Gasteiger charge is 2.10. The van der Waals surface area contributed by atoms with Crippen LogP contribution in [0.25, 0.3) is 0 Å². The average molecular weight is 252 g/mol. The van der Waals surface area contributed by atoms with Crippen LogP contribution < -0.4 is 9.80 Å². The lowest BCUT2D eigenvalue weighted by atomic mass is 10.2. The number of rotatable bonds is 2. The molecule has 0 aliphatic carbocycles. The molecule has 0 aromatic heterocycles. The third-order valence-corrected chi connectivity index (χ3v) is 2.20. The topological polar surface area (TPSA) is 23.6 Å². The molecule has 0 aliphatic rings. The molecule has 0 heterocycles. The molecule has 104 valence electrons. The van der Waals surface area contributed by atoms with E-state index in [0.717, 1.165) is 11.4 Å². The van der Waals surface area contributed by atoms with Gasteiger partial charge in [-0.3, -0.25) is 4.79 Å². The number of amides is 1. The number of para-hydroxylation sites is 2.